The second kappa shape index (κ2) is 5.04. The fourth-order valence-electron chi connectivity index (χ4n) is 3.01. The third kappa shape index (κ3) is 2.25. The van der Waals surface area contributed by atoms with Gasteiger partial charge in [-0.05, 0) is 49.6 Å². The van der Waals surface area contributed by atoms with E-state index in [4.69, 9.17) is 5.11 Å². The predicted molar refractivity (Wildman–Crippen MR) is 80.2 cm³/mol. The maximum Gasteiger partial charge on any atom is 0.0945 e. The van der Waals surface area contributed by atoms with Gasteiger partial charge in [0.15, 0.2) is 0 Å². The molecule has 1 aliphatic heterocycles. The highest BCUT2D eigenvalue weighted by atomic mass is 16.3. The summed E-state index contributed by atoms with van der Waals surface area (Å²) in [5, 5.41) is 19.8. The lowest BCUT2D eigenvalue weighted by molar-refractivity contribution is 0.100. The Labute approximate surface area is 118 Å². The number of aliphatic hydroxyl groups is 2. The van der Waals surface area contributed by atoms with E-state index in [0.717, 1.165) is 24.2 Å². The van der Waals surface area contributed by atoms with Gasteiger partial charge in [-0.15, -0.1) is 0 Å². The quantitative estimate of drug-likeness (QED) is 0.890. The van der Waals surface area contributed by atoms with E-state index in [2.05, 4.69) is 35.0 Å². The van der Waals surface area contributed by atoms with Gasteiger partial charge in [0.2, 0.25) is 0 Å². The fourth-order valence-corrected chi connectivity index (χ4v) is 3.01. The molecule has 0 bridgehead atoms. The Morgan fingerprint density at radius 1 is 1.30 bits per heavy atom. The summed E-state index contributed by atoms with van der Waals surface area (Å²) in [4.78, 5) is 6.76. The minimum absolute atomic E-state index is 0.195. The van der Waals surface area contributed by atoms with Gasteiger partial charge in [0.25, 0.3) is 0 Å². The van der Waals surface area contributed by atoms with Gasteiger partial charge < -0.3 is 15.1 Å². The van der Waals surface area contributed by atoms with E-state index < -0.39 is 6.10 Å². The number of hydrogen-bond acceptors (Lipinski definition) is 4. The zero-order valence-electron chi connectivity index (χ0n) is 11.9. The first-order valence-electron chi connectivity index (χ1n) is 7.03. The molecule has 0 spiro atoms. The number of benzene rings is 1. The van der Waals surface area contributed by atoms with Crippen LogP contribution in [-0.4, -0.2) is 41.0 Å². The second-order valence-electron chi connectivity index (χ2n) is 5.61. The minimum Gasteiger partial charge on any atom is -0.394 e. The van der Waals surface area contributed by atoms with Crippen LogP contribution in [0.1, 0.15) is 16.8 Å². The molecule has 2 heterocycles. The molecular formula is C16H20N2O2. The molecule has 1 aromatic heterocycles. The Bertz CT molecular complexity index is 654. The number of aryl methyl sites for hydroxylation is 2. The molecule has 20 heavy (non-hydrogen) atoms. The van der Waals surface area contributed by atoms with Crippen LogP contribution >= 0.6 is 0 Å². The number of aliphatic hydroxyl groups excluding tert-OH is 2. The van der Waals surface area contributed by atoms with Crippen LogP contribution < -0.4 is 4.90 Å². The van der Waals surface area contributed by atoms with Crippen molar-refractivity contribution in [1.82, 2.24) is 4.98 Å². The van der Waals surface area contributed by atoms with Crippen LogP contribution in [0.3, 0.4) is 0 Å². The Morgan fingerprint density at radius 2 is 2.10 bits per heavy atom. The molecule has 0 saturated heterocycles. The van der Waals surface area contributed by atoms with Gasteiger partial charge in [-0.25, -0.2) is 0 Å². The molecule has 1 atom stereocenters. The van der Waals surface area contributed by atoms with Gasteiger partial charge in [-0.3, -0.25) is 4.98 Å². The maximum absolute atomic E-state index is 9.64. The first-order valence-corrected chi connectivity index (χ1v) is 7.03. The van der Waals surface area contributed by atoms with Crippen LogP contribution in [0.2, 0.25) is 0 Å². The Morgan fingerprint density at radius 3 is 2.85 bits per heavy atom. The number of anilines is 1. The molecule has 3 rings (SSSR count). The van der Waals surface area contributed by atoms with Crippen LogP contribution in [0.5, 0.6) is 0 Å². The first-order chi connectivity index (χ1) is 9.58. The molecule has 0 saturated carbocycles. The van der Waals surface area contributed by atoms with Crippen molar-refractivity contribution in [3.8, 4) is 0 Å². The van der Waals surface area contributed by atoms with Crippen LogP contribution in [0.25, 0.3) is 10.9 Å². The summed E-state index contributed by atoms with van der Waals surface area (Å²) >= 11 is 0. The van der Waals surface area contributed by atoms with Crippen molar-refractivity contribution in [3.63, 3.8) is 0 Å². The summed E-state index contributed by atoms with van der Waals surface area (Å²) in [5.41, 5.74) is 5.76. The third-order valence-corrected chi connectivity index (χ3v) is 3.98. The smallest absolute Gasteiger partial charge is 0.0945 e. The topological polar surface area (TPSA) is 56.6 Å². The van der Waals surface area contributed by atoms with Crippen molar-refractivity contribution in [1.29, 1.82) is 0 Å². The maximum atomic E-state index is 9.64. The number of nitrogens with zero attached hydrogens (tertiary/aromatic N) is 2. The predicted octanol–water partition coefficient (Wildman–Crippen LogP) is 1.57. The molecule has 0 radical (unpaired) electrons. The summed E-state index contributed by atoms with van der Waals surface area (Å²) < 4.78 is 0. The molecule has 4 nitrogen and oxygen atoms in total. The van der Waals surface area contributed by atoms with Gasteiger partial charge >= 0.3 is 0 Å². The molecule has 0 amide bonds. The second-order valence-corrected chi connectivity index (χ2v) is 5.61. The molecule has 1 aromatic carbocycles. The summed E-state index contributed by atoms with van der Waals surface area (Å²) in [5.74, 6) is 0. The molecule has 1 unspecified atom stereocenters. The van der Waals surface area contributed by atoms with E-state index in [-0.39, 0.29) is 6.61 Å². The van der Waals surface area contributed by atoms with Crippen LogP contribution in [-0.2, 0) is 6.42 Å². The third-order valence-electron chi connectivity index (χ3n) is 3.98. The van der Waals surface area contributed by atoms with Gasteiger partial charge in [-0.1, -0.05) is 0 Å². The van der Waals surface area contributed by atoms with Gasteiger partial charge in [-0.2, -0.15) is 0 Å². The highest BCUT2D eigenvalue weighted by molar-refractivity contribution is 5.88. The lowest BCUT2D eigenvalue weighted by Crippen LogP contribution is -2.32. The highest BCUT2D eigenvalue weighted by Gasteiger charge is 2.22. The molecule has 106 valence electrons. The standard InChI is InChI=1S/C16H20N2O2/c1-10-5-11(2)17-15-6-12-3-4-18(8-13(20)9-19)16(12)7-14(10)15/h5-7,13,19-20H,3-4,8-9H2,1-2H3. The van der Waals surface area contributed by atoms with Crippen molar-refractivity contribution in [2.24, 2.45) is 0 Å². The van der Waals surface area contributed by atoms with E-state index in [1.165, 1.54) is 22.2 Å². The van der Waals surface area contributed by atoms with Gasteiger partial charge in [0, 0.05) is 29.9 Å². The SMILES string of the molecule is Cc1cc(C)c2cc3c(cc2n1)CCN3CC(O)CO. The average molecular weight is 272 g/mol. The number of hydrogen-bond donors (Lipinski definition) is 2. The summed E-state index contributed by atoms with van der Waals surface area (Å²) in [6.07, 6.45) is 0.284. The van der Waals surface area contributed by atoms with Gasteiger partial charge in [0.05, 0.1) is 18.2 Å². The molecular weight excluding hydrogens is 252 g/mol. The van der Waals surface area contributed by atoms with Crippen molar-refractivity contribution in [2.45, 2.75) is 26.4 Å². The Hall–Kier alpha value is -1.65. The zero-order valence-corrected chi connectivity index (χ0v) is 11.9. The molecule has 1 aliphatic rings. The highest BCUT2D eigenvalue weighted by Crippen LogP contribution is 2.33. The summed E-state index contributed by atoms with van der Waals surface area (Å²) in [7, 11) is 0. The largest absolute Gasteiger partial charge is 0.394 e. The number of β-amino-alcohol motifs (C(OH)–C–C–N with tert-alkyl or cyclic N) is 1. The number of pyridine rings is 1. The van der Waals surface area contributed by atoms with E-state index in [1.54, 1.807) is 0 Å². The van der Waals surface area contributed by atoms with Crippen LogP contribution in [0, 0.1) is 13.8 Å². The lowest BCUT2D eigenvalue weighted by atomic mass is 10.0. The van der Waals surface area contributed by atoms with Crippen molar-refractivity contribution < 1.29 is 10.2 Å². The summed E-state index contributed by atoms with van der Waals surface area (Å²) in [6, 6.07) is 6.43. The first kappa shape index (κ1) is 13.3. The molecule has 0 fully saturated rings. The van der Waals surface area contributed by atoms with E-state index in [0.29, 0.717) is 6.54 Å². The lowest BCUT2D eigenvalue weighted by Gasteiger charge is -2.22. The molecule has 2 N–H and O–H groups in total. The number of rotatable bonds is 3. The van der Waals surface area contributed by atoms with E-state index in [1.807, 2.05) is 6.92 Å². The van der Waals surface area contributed by atoms with Crippen LogP contribution in [0.4, 0.5) is 5.69 Å². The summed E-state index contributed by atoms with van der Waals surface area (Å²) in [6.45, 7) is 5.29. The number of fused-ring (bicyclic) bond motifs is 2. The number of aromatic nitrogens is 1. The van der Waals surface area contributed by atoms with E-state index >= 15 is 0 Å². The van der Waals surface area contributed by atoms with Crippen LogP contribution in [0.15, 0.2) is 18.2 Å². The molecule has 4 heteroatoms. The Balaban J connectivity index is 2.05. The average Bonchev–Trinajstić information content (AvgIpc) is 2.79. The normalized spacial score (nSPS) is 15.7. The Kier molecular flexibility index (Phi) is 3.36. The zero-order chi connectivity index (χ0) is 14.3. The van der Waals surface area contributed by atoms with Gasteiger partial charge in [0.1, 0.15) is 0 Å². The molecule has 2 aromatic rings. The van der Waals surface area contributed by atoms with E-state index in [9.17, 15) is 5.11 Å². The fraction of sp³-hybridized carbons (Fsp3) is 0.438. The van der Waals surface area contributed by atoms with Crippen molar-refractivity contribution in [3.05, 3.63) is 35.0 Å². The van der Waals surface area contributed by atoms with Crippen molar-refractivity contribution in [2.75, 3.05) is 24.6 Å². The molecule has 0 aliphatic carbocycles. The monoisotopic (exact) mass is 272 g/mol. The van der Waals surface area contributed by atoms with Crippen molar-refractivity contribution >= 4 is 16.6 Å². The minimum atomic E-state index is -0.686.